The van der Waals surface area contributed by atoms with Gasteiger partial charge in [-0.05, 0) is 80.1 Å². The van der Waals surface area contributed by atoms with Crippen LogP contribution in [0.2, 0.25) is 18.1 Å². The molecule has 346 valence electrons. The molecule has 0 unspecified atom stereocenters. The van der Waals surface area contributed by atoms with E-state index >= 15 is 0 Å². The van der Waals surface area contributed by atoms with E-state index < -0.39 is 50.7 Å². The first-order valence-corrected chi connectivity index (χ1v) is 27.0. The van der Waals surface area contributed by atoms with Gasteiger partial charge in [-0.2, -0.15) is 0 Å². The zero-order chi connectivity index (χ0) is 43.5. The van der Waals surface area contributed by atoms with Gasteiger partial charge in [-0.25, -0.2) is 0 Å². The lowest BCUT2D eigenvalue weighted by Gasteiger charge is -2.53. The van der Waals surface area contributed by atoms with Gasteiger partial charge in [-0.1, -0.05) is 47.8 Å². The summed E-state index contributed by atoms with van der Waals surface area (Å²) in [6.45, 7) is 24.5. The Morgan fingerprint density at radius 1 is 0.710 bits per heavy atom. The average Bonchev–Trinajstić information content (AvgIpc) is 3.79. The maximum atomic E-state index is 14.3. The number of rotatable bonds is 4. The number of hydrogen-bond donors (Lipinski definition) is 0. The number of carbonyl (C=O) groups is 2. The highest BCUT2D eigenvalue weighted by Crippen LogP contribution is 2.55. The van der Waals surface area contributed by atoms with Crippen molar-refractivity contribution in [1.29, 1.82) is 0 Å². The summed E-state index contributed by atoms with van der Waals surface area (Å²) >= 11 is 0. The zero-order valence-electron chi connectivity index (χ0n) is 38.0. The van der Waals surface area contributed by atoms with Crippen molar-refractivity contribution in [2.45, 2.75) is 252 Å². The molecule has 0 aliphatic carbocycles. The van der Waals surface area contributed by atoms with Crippen molar-refractivity contribution in [1.82, 2.24) is 0 Å². The second-order valence-corrected chi connectivity index (χ2v) is 27.0. The van der Waals surface area contributed by atoms with E-state index in [1.165, 1.54) is 0 Å². The Bertz CT molecular complexity index is 1730. The molecule has 21 atom stereocenters. The number of esters is 1. The van der Waals surface area contributed by atoms with Gasteiger partial charge in [0.2, 0.25) is 0 Å². The molecule has 11 aliphatic heterocycles. The molecule has 1 spiro atoms. The Labute approximate surface area is 369 Å². The maximum absolute atomic E-state index is 14.3. The van der Waals surface area contributed by atoms with Gasteiger partial charge in [0, 0.05) is 38.0 Å². The molecule has 13 nitrogen and oxygen atoms in total. The van der Waals surface area contributed by atoms with E-state index in [0.29, 0.717) is 32.1 Å². The highest BCUT2D eigenvalue weighted by atomic mass is 28.4. The number of aldehydes is 1. The normalized spacial score (nSPS) is 50.6. The molecule has 0 aromatic rings. The first-order valence-electron chi connectivity index (χ1n) is 24.1. The minimum Gasteiger partial charge on any atom is -0.459 e. The van der Waals surface area contributed by atoms with Gasteiger partial charge in [0.1, 0.15) is 42.9 Å². The quantitative estimate of drug-likeness (QED) is 0.127. The summed E-state index contributed by atoms with van der Waals surface area (Å²) < 4.78 is 75.2. The van der Waals surface area contributed by atoms with Crippen LogP contribution in [0.4, 0.5) is 0 Å². The van der Waals surface area contributed by atoms with Crippen LogP contribution in [0.15, 0.2) is 24.3 Å². The monoisotopic (exact) mass is 884 g/mol. The van der Waals surface area contributed by atoms with Crippen LogP contribution in [0.25, 0.3) is 0 Å². The van der Waals surface area contributed by atoms with Crippen molar-refractivity contribution in [2.24, 2.45) is 11.8 Å². The molecule has 14 heteroatoms. The third kappa shape index (κ3) is 8.08. The Morgan fingerprint density at radius 3 is 2.21 bits per heavy atom. The first-order chi connectivity index (χ1) is 29.5. The molecule has 0 aromatic carbocycles. The number of hydrogen-bond acceptors (Lipinski definition) is 13. The highest BCUT2D eigenvalue weighted by Gasteiger charge is 2.69. The molecular weight excluding hydrogens is 813 g/mol. The number of fused-ring (bicyclic) bond motifs is 7. The van der Waals surface area contributed by atoms with E-state index in [2.05, 4.69) is 60.9 Å². The fourth-order valence-electron chi connectivity index (χ4n) is 12.5. The molecule has 12 bridgehead atoms. The minimum atomic E-state index is -2.23. The summed E-state index contributed by atoms with van der Waals surface area (Å²) in [4.78, 5) is 26.4. The molecule has 11 rings (SSSR count). The molecule has 0 radical (unpaired) electrons. The smallest absolute Gasteiger partial charge is 0.308 e. The summed E-state index contributed by atoms with van der Waals surface area (Å²) in [6, 6.07) is 0. The molecule has 11 fully saturated rings. The molecule has 0 N–H and O–H groups in total. The van der Waals surface area contributed by atoms with Crippen molar-refractivity contribution < 1.29 is 61.4 Å². The van der Waals surface area contributed by atoms with Crippen molar-refractivity contribution in [3.63, 3.8) is 0 Å². The lowest BCUT2D eigenvalue weighted by atomic mass is 9.79. The maximum Gasteiger partial charge on any atom is 0.308 e. The third-order valence-electron chi connectivity index (χ3n) is 17.0. The summed E-state index contributed by atoms with van der Waals surface area (Å²) in [5.41, 5.74) is 2.17. The Balaban J connectivity index is 0.932. The van der Waals surface area contributed by atoms with Crippen LogP contribution < -0.4 is 0 Å². The van der Waals surface area contributed by atoms with Gasteiger partial charge in [-0.3, -0.25) is 4.79 Å². The van der Waals surface area contributed by atoms with Crippen molar-refractivity contribution in [3.05, 3.63) is 24.3 Å². The Hall–Kier alpha value is -1.56. The summed E-state index contributed by atoms with van der Waals surface area (Å²) in [7, 11) is -2.23. The SMILES string of the molecule is C=C1C[C@@H]2CC[C@@]34C[C@H]5O[C@@H]6[C@@H](O3)[C@H]3O[C@H](CC[C@@H]3O[C@H]6[C@H]5O4)CC(=O)O[C@@H]3[C@@H](C)[C@@H]4O[C@H](CC=O)[C@H](O[Si](C)(C)C(C)(C)C)C[C@@H]4O[C@H]3C[C@H]3O[C@@H](CC[C@@H]1O2)C[C@@H](C)C3=C. The summed E-state index contributed by atoms with van der Waals surface area (Å²) in [5, 5.41) is -0.0271. The predicted molar refractivity (Wildman–Crippen MR) is 228 cm³/mol. The van der Waals surface area contributed by atoms with Gasteiger partial charge in [0.05, 0.1) is 79.7 Å². The molecule has 0 saturated carbocycles. The molecule has 11 saturated heterocycles. The van der Waals surface area contributed by atoms with Gasteiger partial charge in [0.25, 0.3) is 0 Å². The van der Waals surface area contributed by atoms with E-state index in [1.54, 1.807) is 0 Å². The van der Waals surface area contributed by atoms with Gasteiger partial charge in [-0.15, -0.1) is 0 Å². The molecule has 62 heavy (non-hydrogen) atoms. The molecule has 11 heterocycles. The molecular formula is C48H72O13Si. The second kappa shape index (κ2) is 16.6. The first kappa shape index (κ1) is 44.3. The lowest BCUT2D eigenvalue weighted by Crippen LogP contribution is -2.63. The van der Waals surface area contributed by atoms with Gasteiger partial charge >= 0.3 is 5.97 Å². The molecule has 0 aromatic heterocycles. The lowest BCUT2D eigenvalue weighted by molar-refractivity contribution is -0.293. The minimum absolute atomic E-state index is 0.00318. The highest BCUT2D eigenvalue weighted by molar-refractivity contribution is 6.74. The van der Waals surface area contributed by atoms with Crippen molar-refractivity contribution in [2.75, 3.05) is 0 Å². The van der Waals surface area contributed by atoms with E-state index in [1.807, 2.05) is 0 Å². The second-order valence-electron chi connectivity index (χ2n) is 22.2. The topological polar surface area (TPSA) is 136 Å². The van der Waals surface area contributed by atoms with E-state index in [0.717, 1.165) is 56.0 Å². The Morgan fingerprint density at radius 2 is 1.42 bits per heavy atom. The molecule has 0 amide bonds. The predicted octanol–water partition coefficient (Wildman–Crippen LogP) is 6.82. The standard InChI is InChI=1S/C48H72O13Si/c1-24-18-28-10-12-31-25(2)19-30(51-31)14-16-48-23-38-43(59-48)44-45(57-38)46(60-48)42-33(56-44)13-11-29(53-42)20-39(50)58-41-27(4)40-37(54-36(41)21-34(52-28)26(24)3)22-35(32(55-40)15-17-49)61-62(8,9)47(5,6)7/h17,24,27-38,40-46H,2-3,10-16,18-23H2,1,4-9H3/t24-,27+,28+,29-,30+,31+,32-,33+,34-,35-,36+,37+,38-,40+,41-,42+,43+,44+,45+,46+,48+/m1/s1. The zero-order valence-corrected chi connectivity index (χ0v) is 39.0. The number of ether oxygens (including phenoxy) is 10. The fourth-order valence-corrected chi connectivity index (χ4v) is 13.8. The van der Waals surface area contributed by atoms with E-state index in [9.17, 15) is 9.59 Å². The molecule has 11 aliphatic rings. The van der Waals surface area contributed by atoms with Crippen LogP contribution in [0.3, 0.4) is 0 Å². The summed E-state index contributed by atoms with van der Waals surface area (Å²) in [6.07, 6.45) is 4.10. The fraction of sp³-hybridized carbons (Fsp3) is 0.875. The van der Waals surface area contributed by atoms with E-state index in [4.69, 9.17) is 51.8 Å². The summed E-state index contributed by atoms with van der Waals surface area (Å²) in [5.74, 6) is -1.16. The van der Waals surface area contributed by atoms with Crippen LogP contribution >= 0.6 is 0 Å². The van der Waals surface area contributed by atoms with Crippen LogP contribution in [0.1, 0.15) is 118 Å². The van der Waals surface area contributed by atoms with Crippen LogP contribution in [0, 0.1) is 11.8 Å². The van der Waals surface area contributed by atoms with E-state index in [-0.39, 0.29) is 109 Å². The van der Waals surface area contributed by atoms with Crippen LogP contribution in [-0.2, 0) is 61.4 Å². The van der Waals surface area contributed by atoms with Crippen molar-refractivity contribution >= 4 is 20.6 Å². The third-order valence-corrected chi connectivity index (χ3v) is 21.5. The van der Waals surface area contributed by atoms with Crippen LogP contribution in [-0.4, -0.2) is 136 Å². The number of carbonyl (C=O) groups excluding carboxylic acids is 2. The van der Waals surface area contributed by atoms with Gasteiger partial charge < -0.3 is 56.6 Å². The largest absolute Gasteiger partial charge is 0.459 e. The van der Waals surface area contributed by atoms with Gasteiger partial charge in [0.15, 0.2) is 14.1 Å². The Kier molecular flexibility index (Phi) is 11.9. The average molecular weight is 885 g/mol. The van der Waals surface area contributed by atoms with Crippen LogP contribution in [0.5, 0.6) is 0 Å². The van der Waals surface area contributed by atoms with Crippen molar-refractivity contribution in [3.8, 4) is 0 Å².